The second-order valence-corrected chi connectivity index (χ2v) is 13.2. The van der Waals surface area contributed by atoms with Crippen LogP contribution >= 0.6 is 31.6 Å². The fraction of sp³-hybridized carbons (Fsp3) is 0.500. The van der Waals surface area contributed by atoms with Crippen LogP contribution in [0.1, 0.15) is 0 Å². The van der Waals surface area contributed by atoms with E-state index in [0.29, 0.717) is 0 Å². The van der Waals surface area contributed by atoms with Gasteiger partial charge in [-0.3, -0.25) is 0 Å². The predicted molar refractivity (Wildman–Crippen MR) is 45.7 cm³/mol. The topological polar surface area (TPSA) is 0 Å². The van der Waals surface area contributed by atoms with Crippen LogP contribution in [0.15, 0.2) is 10.4 Å². The summed E-state index contributed by atoms with van der Waals surface area (Å²) in [5, 5.41) is 0. The van der Waals surface area contributed by atoms with Crippen LogP contribution in [0.4, 0.5) is 0 Å². The average molecular weight is 229 g/mol. The molecule has 0 spiro atoms. The molecular weight excluding hydrogens is 223 g/mol. The quantitative estimate of drug-likeness (QED) is 0.632. The van der Waals surface area contributed by atoms with Gasteiger partial charge in [0.25, 0.3) is 0 Å². The zero-order valence-electron chi connectivity index (χ0n) is 4.21. The summed E-state index contributed by atoms with van der Waals surface area (Å²) in [6, 6.07) is 0. The normalized spacial score (nSPS) is 23.1. The van der Waals surface area contributed by atoms with Crippen molar-refractivity contribution >= 4 is 44.0 Å². The first-order valence-electron chi connectivity index (χ1n) is 2.25. The molecule has 0 aromatic carbocycles. The molecule has 0 bridgehead atoms. The molecular formula is C4H6AsClS2. The molecule has 0 aromatic heterocycles. The third kappa shape index (κ3) is 2.26. The van der Waals surface area contributed by atoms with Crippen molar-refractivity contribution in [1.29, 1.82) is 0 Å². The van der Waals surface area contributed by atoms with Crippen LogP contribution in [0.25, 0.3) is 0 Å². The summed E-state index contributed by atoms with van der Waals surface area (Å²) in [6.07, 6.45) is 0. The Labute approximate surface area is 65.7 Å². The zero-order valence-corrected chi connectivity index (χ0v) is 8.48. The van der Waals surface area contributed by atoms with E-state index in [-0.39, 0.29) is 0 Å². The van der Waals surface area contributed by atoms with Gasteiger partial charge < -0.3 is 0 Å². The summed E-state index contributed by atoms with van der Waals surface area (Å²) in [7, 11) is 4.21. The number of hydrogen-bond donors (Lipinski definition) is 0. The van der Waals surface area contributed by atoms with Gasteiger partial charge in [0, 0.05) is 0 Å². The van der Waals surface area contributed by atoms with Crippen molar-refractivity contribution in [1.82, 2.24) is 0 Å². The van der Waals surface area contributed by atoms with Crippen molar-refractivity contribution < 1.29 is 0 Å². The van der Waals surface area contributed by atoms with Crippen LogP contribution in [0.3, 0.4) is 0 Å². The van der Waals surface area contributed by atoms with E-state index < -0.39 is 12.3 Å². The van der Waals surface area contributed by atoms with E-state index in [2.05, 4.69) is 24.9 Å². The van der Waals surface area contributed by atoms with Gasteiger partial charge in [-0.1, -0.05) is 0 Å². The third-order valence-electron chi connectivity index (χ3n) is 0.698. The summed E-state index contributed by atoms with van der Waals surface area (Å²) < 4.78 is 0. The van der Waals surface area contributed by atoms with Crippen LogP contribution in [0.5, 0.6) is 0 Å². The van der Waals surface area contributed by atoms with Crippen molar-refractivity contribution in [3.05, 3.63) is 10.4 Å². The summed E-state index contributed by atoms with van der Waals surface area (Å²) >= 11 is 4.79. The fourth-order valence-corrected chi connectivity index (χ4v) is 13.9. The summed E-state index contributed by atoms with van der Waals surface area (Å²) in [5.74, 6) is 2.68. The summed E-state index contributed by atoms with van der Waals surface area (Å²) in [6.45, 7) is 0. The van der Waals surface area contributed by atoms with Crippen LogP contribution in [0, 0.1) is 0 Å². The van der Waals surface area contributed by atoms with Crippen LogP contribution in [-0.2, 0) is 0 Å². The second-order valence-electron chi connectivity index (χ2n) is 1.23. The molecule has 0 radical (unpaired) electrons. The minimum absolute atomic E-state index is 0.620. The van der Waals surface area contributed by atoms with Crippen molar-refractivity contribution in [2.75, 3.05) is 11.5 Å². The van der Waals surface area contributed by atoms with E-state index in [0.717, 1.165) is 0 Å². The standard InChI is InChI=1S/C4H6AsClS2/c6-2-1-5-7-3-4-8-5/h1-2H,3-4H2/b2-1+. The van der Waals surface area contributed by atoms with Crippen molar-refractivity contribution in [3.8, 4) is 0 Å². The number of rotatable bonds is 1. The molecule has 0 N–H and O–H groups in total. The molecule has 0 amide bonds. The van der Waals surface area contributed by atoms with Gasteiger partial charge in [-0.15, -0.1) is 0 Å². The van der Waals surface area contributed by atoms with Gasteiger partial charge in [0.15, 0.2) is 0 Å². The Kier molecular flexibility index (Phi) is 3.85. The monoisotopic (exact) mass is 228 g/mol. The van der Waals surface area contributed by atoms with Gasteiger partial charge in [0.05, 0.1) is 0 Å². The molecule has 1 aliphatic rings. The predicted octanol–water partition coefficient (Wildman–Crippen LogP) is 2.25. The average Bonchev–Trinajstić information content (AvgIpc) is 2.19. The molecule has 1 saturated heterocycles. The summed E-state index contributed by atoms with van der Waals surface area (Å²) in [5.41, 5.74) is 1.67. The minimum atomic E-state index is -0.620. The Bertz CT molecular complexity index is 90.0. The van der Waals surface area contributed by atoms with Crippen molar-refractivity contribution in [3.63, 3.8) is 0 Å². The fourth-order valence-electron chi connectivity index (χ4n) is 0.424. The van der Waals surface area contributed by atoms with E-state index in [1.54, 1.807) is 5.54 Å². The Morgan fingerprint density at radius 3 is 2.50 bits per heavy atom. The first kappa shape index (κ1) is 7.40. The van der Waals surface area contributed by atoms with Gasteiger partial charge in [0.2, 0.25) is 0 Å². The molecule has 46 valence electrons. The zero-order chi connectivity index (χ0) is 5.82. The van der Waals surface area contributed by atoms with Crippen LogP contribution in [0.2, 0.25) is 0 Å². The Hall–Kier alpha value is 1.29. The molecule has 0 nitrogen and oxygen atoms in total. The number of hydrogen-bond acceptors (Lipinski definition) is 2. The van der Waals surface area contributed by atoms with Gasteiger partial charge in [0.1, 0.15) is 0 Å². The maximum absolute atomic E-state index is 5.41. The van der Waals surface area contributed by atoms with Crippen LogP contribution < -0.4 is 0 Å². The van der Waals surface area contributed by atoms with Gasteiger partial charge in [-0.05, 0) is 0 Å². The maximum atomic E-state index is 5.41. The SMILES string of the molecule is Cl/C=C/[As]1SCCS1. The molecule has 0 saturated carbocycles. The number of halogens is 1. The molecule has 0 aromatic rings. The molecule has 8 heavy (non-hydrogen) atoms. The molecule has 1 heterocycles. The first-order chi connectivity index (χ1) is 3.93. The summed E-state index contributed by atoms with van der Waals surface area (Å²) in [4.78, 5) is 2.18. The molecule has 0 aliphatic carbocycles. The molecule has 0 unspecified atom stereocenters. The van der Waals surface area contributed by atoms with E-state index >= 15 is 0 Å². The van der Waals surface area contributed by atoms with Gasteiger partial charge in [-0.2, -0.15) is 0 Å². The molecule has 1 rings (SSSR count). The van der Waals surface area contributed by atoms with E-state index in [9.17, 15) is 0 Å². The van der Waals surface area contributed by atoms with Crippen molar-refractivity contribution in [2.45, 2.75) is 0 Å². The molecule has 1 aliphatic heterocycles. The van der Waals surface area contributed by atoms with Gasteiger partial charge in [-0.25, -0.2) is 0 Å². The molecule has 1 fully saturated rings. The molecule has 4 heteroatoms. The molecule has 0 atom stereocenters. The van der Waals surface area contributed by atoms with E-state index in [4.69, 9.17) is 11.6 Å². The third-order valence-corrected chi connectivity index (χ3v) is 13.6. The van der Waals surface area contributed by atoms with Gasteiger partial charge >= 0.3 is 65.9 Å². The van der Waals surface area contributed by atoms with Crippen LogP contribution in [-0.4, -0.2) is 23.8 Å². The van der Waals surface area contributed by atoms with E-state index in [1.165, 1.54) is 11.5 Å². The Morgan fingerprint density at radius 1 is 1.38 bits per heavy atom. The van der Waals surface area contributed by atoms with Crippen molar-refractivity contribution in [2.24, 2.45) is 0 Å². The second kappa shape index (κ2) is 4.16. The first-order valence-corrected chi connectivity index (χ1v) is 10.3. The van der Waals surface area contributed by atoms with E-state index in [1.807, 2.05) is 0 Å². The Morgan fingerprint density at radius 2 is 2.00 bits per heavy atom. The Balaban J connectivity index is 2.24.